The van der Waals surface area contributed by atoms with Gasteiger partial charge in [0.15, 0.2) is 0 Å². The molecule has 2 aromatic rings. The van der Waals surface area contributed by atoms with Gasteiger partial charge in [0.2, 0.25) is 0 Å². The summed E-state index contributed by atoms with van der Waals surface area (Å²) in [6.45, 7) is 1.94. The van der Waals surface area contributed by atoms with Gasteiger partial charge in [-0.3, -0.25) is 14.8 Å². The van der Waals surface area contributed by atoms with Crippen molar-refractivity contribution in [2.24, 2.45) is 5.73 Å². The van der Waals surface area contributed by atoms with Crippen LogP contribution in [0.2, 0.25) is 0 Å². The molecule has 0 aliphatic rings. The molecule has 2 rings (SSSR count). The number of amides is 2. The van der Waals surface area contributed by atoms with Crippen LogP contribution in [0, 0.1) is 0 Å². The van der Waals surface area contributed by atoms with Gasteiger partial charge in [-0.25, -0.2) is 5.48 Å². The molecule has 2 amide bonds. The number of hydrogen-bond acceptors (Lipinski definition) is 5. The predicted octanol–water partition coefficient (Wildman–Crippen LogP) is 1.22. The predicted molar refractivity (Wildman–Crippen MR) is 92.0 cm³/mol. The molecule has 0 radical (unpaired) electrons. The zero-order valence-corrected chi connectivity index (χ0v) is 13.8. The van der Waals surface area contributed by atoms with Gasteiger partial charge >= 0.3 is 0 Å². The molecule has 7 nitrogen and oxygen atoms in total. The first-order valence-electron chi connectivity index (χ1n) is 7.78. The molecule has 0 bridgehead atoms. The monoisotopic (exact) mass is 343 g/mol. The summed E-state index contributed by atoms with van der Waals surface area (Å²) in [6.07, 6.45) is 0. The van der Waals surface area contributed by atoms with Gasteiger partial charge in [-0.1, -0.05) is 30.3 Å². The standard InChI is InChI=1S/C18H21N3O4/c1-12(19)16(18(23)21-24)20-17(22)14-9-7-13(8-10-14)11-25-15-5-3-2-4-6-15/h2-10,12,16,24H,11,19H2,1H3,(H,20,22)(H,21,23)/t12-,16+/m1/s1. The van der Waals surface area contributed by atoms with E-state index in [-0.39, 0.29) is 0 Å². The second-order valence-electron chi connectivity index (χ2n) is 5.58. The van der Waals surface area contributed by atoms with Gasteiger partial charge < -0.3 is 15.8 Å². The molecule has 0 saturated heterocycles. The van der Waals surface area contributed by atoms with Gasteiger partial charge in [0.05, 0.1) is 0 Å². The van der Waals surface area contributed by atoms with Crippen molar-refractivity contribution in [3.8, 4) is 5.75 Å². The molecular weight excluding hydrogens is 322 g/mol. The van der Waals surface area contributed by atoms with Gasteiger partial charge in [0, 0.05) is 11.6 Å². The van der Waals surface area contributed by atoms with E-state index in [4.69, 9.17) is 15.7 Å². The lowest BCUT2D eigenvalue weighted by molar-refractivity contribution is -0.131. The Balaban J connectivity index is 1.96. The second kappa shape index (κ2) is 8.81. The Bertz CT molecular complexity index is 702. The van der Waals surface area contributed by atoms with Crippen molar-refractivity contribution < 1.29 is 19.5 Å². The van der Waals surface area contributed by atoms with E-state index in [1.165, 1.54) is 5.48 Å². The summed E-state index contributed by atoms with van der Waals surface area (Å²) >= 11 is 0. The van der Waals surface area contributed by atoms with Crippen molar-refractivity contribution in [1.82, 2.24) is 10.8 Å². The van der Waals surface area contributed by atoms with E-state index in [0.717, 1.165) is 11.3 Å². The van der Waals surface area contributed by atoms with Crippen LogP contribution in [0.3, 0.4) is 0 Å². The van der Waals surface area contributed by atoms with Crippen molar-refractivity contribution in [3.63, 3.8) is 0 Å². The molecule has 5 N–H and O–H groups in total. The normalized spacial score (nSPS) is 12.8. The van der Waals surface area contributed by atoms with Crippen LogP contribution in [0.4, 0.5) is 0 Å². The third-order valence-corrected chi connectivity index (χ3v) is 3.57. The summed E-state index contributed by atoms with van der Waals surface area (Å²) in [5, 5.41) is 11.2. The minimum absolute atomic E-state index is 0.375. The molecule has 0 saturated carbocycles. The molecule has 0 fully saturated rings. The lowest BCUT2D eigenvalue weighted by atomic mass is 10.1. The van der Waals surface area contributed by atoms with Crippen LogP contribution >= 0.6 is 0 Å². The first-order valence-corrected chi connectivity index (χ1v) is 7.78. The highest BCUT2D eigenvalue weighted by atomic mass is 16.5. The highest BCUT2D eigenvalue weighted by molar-refractivity contribution is 5.97. The molecule has 0 aliphatic carbocycles. The molecule has 0 spiro atoms. The molecule has 25 heavy (non-hydrogen) atoms. The molecule has 2 atom stereocenters. The lowest BCUT2D eigenvalue weighted by Crippen LogP contribution is -2.54. The van der Waals surface area contributed by atoms with Crippen molar-refractivity contribution in [2.45, 2.75) is 25.6 Å². The number of rotatable bonds is 7. The fourth-order valence-corrected chi connectivity index (χ4v) is 2.17. The average molecular weight is 343 g/mol. The number of nitrogens with one attached hydrogen (secondary N) is 2. The van der Waals surface area contributed by atoms with Gasteiger partial charge in [0.1, 0.15) is 18.4 Å². The zero-order chi connectivity index (χ0) is 18.2. The molecule has 2 aromatic carbocycles. The summed E-state index contributed by atoms with van der Waals surface area (Å²) in [5.41, 5.74) is 8.42. The van der Waals surface area contributed by atoms with Crippen molar-refractivity contribution in [1.29, 1.82) is 0 Å². The smallest absolute Gasteiger partial charge is 0.267 e. The molecule has 0 aromatic heterocycles. The average Bonchev–Trinajstić information content (AvgIpc) is 2.64. The Morgan fingerprint density at radius 3 is 2.32 bits per heavy atom. The topological polar surface area (TPSA) is 114 Å². The zero-order valence-electron chi connectivity index (χ0n) is 13.8. The highest BCUT2D eigenvalue weighted by Gasteiger charge is 2.24. The number of carbonyl (C=O) groups excluding carboxylic acids is 2. The Hall–Kier alpha value is -2.90. The number of carbonyl (C=O) groups is 2. The number of hydroxylamine groups is 1. The fourth-order valence-electron chi connectivity index (χ4n) is 2.17. The fraction of sp³-hybridized carbons (Fsp3) is 0.222. The summed E-state index contributed by atoms with van der Waals surface area (Å²) < 4.78 is 5.64. The minimum atomic E-state index is -1.03. The number of ether oxygens (including phenoxy) is 1. The summed E-state index contributed by atoms with van der Waals surface area (Å²) in [7, 11) is 0. The quantitative estimate of drug-likeness (QED) is 0.446. The highest BCUT2D eigenvalue weighted by Crippen LogP contribution is 2.12. The second-order valence-corrected chi connectivity index (χ2v) is 5.58. The number of nitrogens with two attached hydrogens (primary N) is 1. The van der Waals surface area contributed by atoms with E-state index in [1.54, 1.807) is 31.2 Å². The largest absolute Gasteiger partial charge is 0.489 e. The first-order chi connectivity index (χ1) is 12.0. The third-order valence-electron chi connectivity index (χ3n) is 3.57. The van der Waals surface area contributed by atoms with Crippen molar-refractivity contribution in [3.05, 3.63) is 65.7 Å². The summed E-state index contributed by atoms with van der Waals surface area (Å²) in [6, 6.07) is 14.5. The molecule has 7 heteroatoms. The van der Waals surface area contributed by atoms with Crippen LogP contribution in [0.5, 0.6) is 5.75 Å². The van der Waals surface area contributed by atoms with Gasteiger partial charge in [-0.05, 0) is 36.8 Å². The first kappa shape index (κ1) is 18.4. The van der Waals surface area contributed by atoms with Crippen LogP contribution in [0.15, 0.2) is 54.6 Å². The number of benzene rings is 2. The number of hydrogen-bond donors (Lipinski definition) is 4. The van der Waals surface area contributed by atoms with Crippen LogP contribution in [0.25, 0.3) is 0 Å². The summed E-state index contributed by atoms with van der Waals surface area (Å²) in [5.74, 6) is -0.461. The third kappa shape index (κ3) is 5.30. The van der Waals surface area contributed by atoms with E-state index in [9.17, 15) is 9.59 Å². The van der Waals surface area contributed by atoms with E-state index < -0.39 is 23.9 Å². The minimum Gasteiger partial charge on any atom is -0.489 e. The van der Waals surface area contributed by atoms with E-state index in [0.29, 0.717) is 12.2 Å². The Labute approximate surface area is 145 Å². The molecular formula is C18H21N3O4. The van der Waals surface area contributed by atoms with Crippen molar-refractivity contribution in [2.75, 3.05) is 0 Å². The van der Waals surface area contributed by atoms with E-state index in [1.807, 2.05) is 30.3 Å². The maximum Gasteiger partial charge on any atom is 0.267 e. The Kier molecular flexibility index (Phi) is 6.50. The Morgan fingerprint density at radius 2 is 1.76 bits per heavy atom. The summed E-state index contributed by atoms with van der Waals surface area (Å²) in [4.78, 5) is 23.7. The number of para-hydroxylation sites is 1. The maximum absolute atomic E-state index is 12.2. The molecule has 0 unspecified atom stereocenters. The van der Waals surface area contributed by atoms with Gasteiger partial charge in [0.25, 0.3) is 11.8 Å². The molecule has 0 heterocycles. The van der Waals surface area contributed by atoms with E-state index in [2.05, 4.69) is 5.32 Å². The maximum atomic E-state index is 12.2. The molecule has 0 aliphatic heterocycles. The van der Waals surface area contributed by atoms with E-state index >= 15 is 0 Å². The van der Waals surface area contributed by atoms with Gasteiger partial charge in [-0.2, -0.15) is 0 Å². The van der Waals surface area contributed by atoms with Crippen LogP contribution < -0.4 is 21.3 Å². The van der Waals surface area contributed by atoms with Crippen molar-refractivity contribution >= 4 is 11.8 Å². The lowest BCUT2D eigenvalue weighted by Gasteiger charge is -2.20. The SMILES string of the molecule is C[C@@H](N)[C@H](NC(=O)c1ccc(COc2ccccc2)cc1)C(=O)NO. The van der Waals surface area contributed by atoms with Crippen LogP contribution in [-0.4, -0.2) is 29.1 Å². The Morgan fingerprint density at radius 1 is 1.12 bits per heavy atom. The molecule has 132 valence electrons. The van der Waals surface area contributed by atoms with Gasteiger partial charge in [-0.15, -0.1) is 0 Å². The van der Waals surface area contributed by atoms with Crippen LogP contribution in [-0.2, 0) is 11.4 Å². The van der Waals surface area contributed by atoms with Crippen LogP contribution in [0.1, 0.15) is 22.8 Å².